The van der Waals surface area contributed by atoms with Gasteiger partial charge in [0.05, 0.1) is 6.54 Å². The van der Waals surface area contributed by atoms with E-state index < -0.39 is 16.3 Å². The summed E-state index contributed by atoms with van der Waals surface area (Å²) < 4.78 is 36.8. The molecule has 0 aliphatic rings. The number of carbonyl (C=O) groups is 1. The quantitative estimate of drug-likeness (QED) is 0.411. The van der Waals surface area contributed by atoms with Gasteiger partial charge in [0.2, 0.25) is 0 Å². The van der Waals surface area contributed by atoms with E-state index >= 15 is 0 Å². The van der Waals surface area contributed by atoms with Gasteiger partial charge in [-0.1, -0.05) is 20.4 Å². The molecule has 0 fully saturated rings. The molecule has 0 unspecified atom stereocenters. The van der Waals surface area contributed by atoms with Crippen molar-refractivity contribution in [3.8, 4) is 0 Å². The van der Waals surface area contributed by atoms with Gasteiger partial charge in [0.25, 0.3) is 0 Å². The summed E-state index contributed by atoms with van der Waals surface area (Å²) in [5, 5.41) is 0. The summed E-state index contributed by atoms with van der Waals surface area (Å²) in [4.78, 5) is 11.1. The SMILES string of the molecule is C=C(C)C(=O)OCCN(CCC(C)C)S(=O)(=O)O. The molecule has 18 heavy (non-hydrogen) atoms. The number of ether oxygens (including phenoxy) is 1. The van der Waals surface area contributed by atoms with Crippen molar-refractivity contribution in [2.24, 2.45) is 5.92 Å². The fourth-order valence-corrected chi connectivity index (χ4v) is 1.75. The Morgan fingerprint density at radius 1 is 1.39 bits per heavy atom. The van der Waals surface area contributed by atoms with E-state index in [4.69, 9.17) is 9.29 Å². The van der Waals surface area contributed by atoms with E-state index in [2.05, 4.69) is 6.58 Å². The minimum Gasteiger partial charge on any atom is -0.461 e. The maximum Gasteiger partial charge on any atom is 0.336 e. The number of nitrogens with zero attached hydrogens (tertiary/aromatic N) is 1. The summed E-state index contributed by atoms with van der Waals surface area (Å²) in [7, 11) is -4.26. The molecule has 1 N–H and O–H groups in total. The van der Waals surface area contributed by atoms with E-state index in [1.54, 1.807) is 0 Å². The Morgan fingerprint density at radius 2 is 1.94 bits per heavy atom. The van der Waals surface area contributed by atoms with Crippen LogP contribution >= 0.6 is 0 Å². The zero-order valence-electron chi connectivity index (χ0n) is 11.0. The fraction of sp³-hybridized carbons (Fsp3) is 0.727. The third kappa shape index (κ3) is 7.41. The van der Waals surface area contributed by atoms with E-state index in [1.807, 2.05) is 13.8 Å². The standard InChI is InChI=1S/C11H21NO5S/c1-9(2)5-6-12(18(14,15)16)7-8-17-11(13)10(3)4/h9H,3,5-8H2,1-2,4H3,(H,14,15,16). The average Bonchev–Trinajstić information content (AvgIpc) is 2.20. The van der Waals surface area contributed by atoms with Gasteiger partial charge in [-0.25, -0.2) is 4.79 Å². The Bertz CT molecular complexity index is 388. The molecule has 0 amide bonds. The minimum absolute atomic E-state index is 0.0649. The summed E-state index contributed by atoms with van der Waals surface area (Å²) in [5.74, 6) is -0.263. The minimum atomic E-state index is -4.26. The summed E-state index contributed by atoms with van der Waals surface area (Å²) in [6.07, 6.45) is 0.619. The monoisotopic (exact) mass is 279 g/mol. The molecule has 0 aromatic heterocycles. The first-order valence-corrected chi connectivity index (χ1v) is 7.09. The third-order valence-corrected chi connectivity index (χ3v) is 3.22. The topological polar surface area (TPSA) is 83.9 Å². The molecule has 0 aromatic carbocycles. The van der Waals surface area contributed by atoms with Crippen LogP contribution in [-0.2, 0) is 19.8 Å². The van der Waals surface area contributed by atoms with Crippen LogP contribution in [0.25, 0.3) is 0 Å². The summed E-state index contributed by atoms with van der Waals surface area (Å²) >= 11 is 0. The molecule has 106 valence electrons. The van der Waals surface area contributed by atoms with Crippen LogP contribution in [0.15, 0.2) is 12.2 Å². The van der Waals surface area contributed by atoms with Crippen molar-refractivity contribution in [3.63, 3.8) is 0 Å². The van der Waals surface area contributed by atoms with Crippen LogP contribution in [0.1, 0.15) is 27.2 Å². The largest absolute Gasteiger partial charge is 0.461 e. The molecule has 0 saturated carbocycles. The lowest BCUT2D eigenvalue weighted by molar-refractivity contribution is -0.139. The van der Waals surface area contributed by atoms with Crippen LogP contribution in [0.5, 0.6) is 0 Å². The normalized spacial score (nSPS) is 11.9. The van der Waals surface area contributed by atoms with Crippen LogP contribution in [-0.4, -0.2) is 42.9 Å². The number of carbonyl (C=O) groups excluding carboxylic acids is 1. The Labute approximate surface area is 108 Å². The van der Waals surface area contributed by atoms with Crippen molar-refractivity contribution in [2.75, 3.05) is 19.7 Å². The van der Waals surface area contributed by atoms with Gasteiger partial charge in [-0.3, -0.25) is 4.55 Å². The van der Waals surface area contributed by atoms with Gasteiger partial charge in [0.15, 0.2) is 0 Å². The maximum atomic E-state index is 11.1. The highest BCUT2D eigenvalue weighted by molar-refractivity contribution is 7.83. The molecule has 0 aromatic rings. The van der Waals surface area contributed by atoms with Crippen molar-refractivity contribution in [1.29, 1.82) is 0 Å². The summed E-state index contributed by atoms with van der Waals surface area (Å²) in [5.41, 5.74) is 0.246. The second kappa shape index (κ2) is 7.50. The van der Waals surface area contributed by atoms with Crippen molar-refractivity contribution >= 4 is 16.3 Å². The molecular weight excluding hydrogens is 258 g/mol. The van der Waals surface area contributed by atoms with Gasteiger partial charge < -0.3 is 4.74 Å². The predicted molar refractivity (Wildman–Crippen MR) is 68.3 cm³/mol. The molecule has 0 aliphatic carbocycles. The average molecular weight is 279 g/mol. The highest BCUT2D eigenvalue weighted by atomic mass is 32.2. The first kappa shape index (κ1) is 17.1. The van der Waals surface area contributed by atoms with Crippen LogP contribution in [0.4, 0.5) is 0 Å². The second-order valence-corrected chi connectivity index (χ2v) is 5.89. The molecule has 0 radical (unpaired) electrons. The second-order valence-electron chi connectivity index (χ2n) is 4.48. The van der Waals surface area contributed by atoms with Gasteiger partial charge in [0.1, 0.15) is 6.61 Å². The number of esters is 1. The predicted octanol–water partition coefficient (Wildman–Crippen LogP) is 1.26. The summed E-state index contributed by atoms with van der Waals surface area (Å²) in [6, 6.07) is 0. The zero-order valence-corrected chi connectivity index (χ0v) is 11.9. The highest BCUT2D eigenvalue weighted by Crippen LogP contribution is 2.05. The zero-order chi connectivity index (χ0) is 14.3. The Hall–Kier alpha value is -0.920. The smallest absolute Gasteiger partial charge is 0.336 e. The number of hydrogen-bond donors (Lipinski definition) is 1. The lowest BCUT2D eigenvalue weighted by Gasteiger charge is -2.19. The van der Waals surface area contributed by atoms with Crippen molar-refractivity contribution in [1.82, 2.24) is 4.31 Å². The van der Waals surface area contributed by atoms with Gasteiger partial charge >= 0.3 is 16.3 Å². The molecule has 6 nitrogen and oxygen atoms in total. The number of rotatable bonds is 8. The van der Waals surface area contributed by atoms with Gasteiger partial charge in [-0.2, -0.15) is 12.7 Å². The highest BCUT2D eigenvalue weighted by Gasteiger charge is 2.19. The van der Waals surface area contributed by atoms with E-state index in [0.717, 1.165) is 4.31 Å². The first-order valence-electron chi connectivity index (χ1n) is 5.69. The molecule has 7 heteroatoms. The molecular formula is C11H21NO5S. The van der Waals surface area contributed by atoms with Crippen molar-refractivity contribution in [2.45, 2.75) is 27.2 Å². The van der Waals surface area contributed by atoms with E-state index in [0.29, 0.717) is 12.3 Å². The van der Waals surface area contributed by atoms with E-state index in [9.17, 15) is 13.2 Å². The van der Waals surface area contributed by atoms with Gasteiger partial charge in [-0.05, 0) is 19.3 Å². The van der Waals surface area contributed by atoms with E-state index in [1.165, 1.54) is 6.92 Å². The fourth-order valence-electron chi connectivity index (χ4n) is 1.11. The molecule has 0 aliphatic heterocycles. The van der Waals surface area contributed by atoms with E-state index in [-0.39, 0.29) is 25.3 Å². The molecule has 0 rings (SSSR count). The molecule has 0 spiro atoms. The Morgan fingerprint density at radius 3 is 2.33 bits per heavy atom. The van der Waals surface area contributed by atoms with Gasteiger partial charge in [0, 0.05) is 12.1 Å². The van der Waals surface area contributed by atoms with Gasteiger partial charge in [-0.15, -0.1) is 0 Å². The first-order chi connectivity index (χ1) is 8.14. The summed E-state index contributed by atoms with van der Waals surface area (Å²) in [6.45, 7) is 8.83. The van der Waals surface area contributed by atoms with Crippen LogP contribution < -0.4 is 0 Å². The molecule has 0 heterocycles. The third-order valence-electron chi connectivity index (χ3n) is 2.20. The van der Waals surface area contributed by atoms with Crippen LogP contribution in [0.3, 0.4) is 0 Å². The number of hydrogen-bond acceptors (Lipinski definition) is 4. The van der Waals surface area contributed by atoms with Crippen molar-refractivity contribution < 1.29 is 22.5 Å². The lowest BCUT2D eigenvalue weighted by Crippen LogP contribution is -2.35. The van der Waals surface area contributed by atoms with Crippen LogP contribution in [0, 0.1) is 5.92 Å². The Kier molecular flexibility index (Phi) is 7.12. The molecule has 0 saturated heterocycles. The Balaban J connectivity index is 4.27. The molecule has 0 bridgehead atoms. The van der Waals surface area contributed by atoms with Crippen molar-refractivity contribution in [3.05, 3.63) is 12.2 Å². The van der Waals surface area contributed by atoms with Crippen LogP contribution in [0.2, 0.25) is 0 Å². The maximum absolute atomic E-state index is 11.1. The molecule has 0 atom stereocenters. The lowest BCUT2D eigenvalue weighted by atomic mass is 10.1.